The van der Waals surface area contributed by atoms with Crippen molar-refractivity contribution in [2.45, 2.75) is 11.8 Å². The highest BCUT2D eigenvalue weighted by atomic mass is 79.9. The third-order valence-electron chi connectivity index (χ3n) is 1.54. The van der Waals surface area contributed by atoms with Gasteiger partial charge in [0.25, 0.3) is 0 Å². The molecule has 6 heteroatoms. The molecular weight excluding hydrogens is 226 g/mol. The van der Waals surface area contributed by atoms with Gasteiger partial charge >= 0.3 is 5.69 Å². The second-order valence-corrected chi connectivity index (χ2v) is 3.79. The van der Waals surface area contributed by atoms with E-state index in [1.165, 1.54) is 10.9 Å². The van der Waals surface area contributed by atoms with Crippen molar-refractivity contribution in [1.82, 2.24) is 9.78 Å². The summed E-state index contributed by atoms with van der Waals surface area (Å²) in [5.41, 5.74) is 0.641. The number of aryl methyl sites for hydroxylation is 1. The minimum absolute atomic E-state index is 0.0573. The normalized spacial score (nSPS) is 12.9. The first-order chi connectivity index (χ1) is 5.54. The van der Waals surface area contributed by atoms with Gasteiger partial charge < -0.3 is 0 Å². The number of aromatic nitrogens is 2. The van der Waals surface area contributed by atoms with Crippen LogP contribution < -0.4 is 0 Å². The summed E-state index contributed by atoms with van der Waals surface area (Å²) in [6.07, 6.45) is 1.26. The van der Waals surface area contributed by atoms with Crippen LogP contribution in [0.3, 0.4) is 0 Å². The SMILES string of the molecule is CC(Br)c1c([N+](=O)[O-])cnn1C. The molecule has 0 saturated carbocycles. The Bertz CT molecular complexity index is 308. The van der Waals surface area contributed by atoms with Crippen LogP contribution in [0.2, 0.25) is 0 Å². The van der Waals surface area contributed by atoms with E-state index in [0.717, 1.165) is 0 Å². The molecule has 0 amide bonds. The molecule has 5 nitrogen and oxygen atoms in total. The summed E-state index contributed by atoms with van der Waals surface area (Å²) in [6.45, 7) is 1.82. The Morgan fingerprint density at radius 1 is 1.83 bits per heavy atom. The van der Waals surface area contributed by atoms with Gasteiger partial charge in [-0.3, -0.25) is 14.8 Å². The summed E-state index contributed by atoms with van der Waals surface area (Å²) >= 11 is 3.27. The van der Waals surface area contributed by atoms with E-state index < -0.39 is 4.92 Å². The first-order valence-corrected chi connectivity index (χ1v) is 4.26. The topological polar surface area (TPSA) is 61.0 Å². The van der Waals surface area contributed by atoms with Gasteiger partial charge in [0.1, 0.15) is 11.9 Å². The number of hydrogen-bond donors (Lipinski definition) is 0. The molecule has 0 aromatic carbocycles. The highest BCUT2D eigenvalue weighted by Crippen LogP contribution is 2.29. The fourth-order valence-corrected chi connectivity index (χ4v) is 1.57. The molecule has 0 aliphatic carbocycles. The molecule has 0 fully saturated rings. The molecule has 0 spiro atoms. The van der Waals surface area contributed by atoms with Crippen LogP contribution in [0.4, 0.5) is 5.69 Å². The van der Waals surface area contributed by atoms with Crippen molar-refractivity contribution in [3.05, 3.63) is 22.0 Å². The highest BCUT2D eigenvalue weighted by molar-refractivity contribution is 9.09. The van der Waals surface area contributed by atoms with Gasteiger partial charge in [-0.2, -0.15) is 5.10 Å². The molecule has 12 heavy (non-hydrogen) atoms. The Labute approximate surface area is 77.7 Å². The molecule has 0 aliphatic heterocycles. The van der Waals surface area contributed by atoms with Crippen LogP contribution in [0.1, 0.15) is 17.4 Å². The average molecular weight is 234 g/mol. The van der Waals surface area contributed by atoms with Gasteiger partial charge in [-0.05, 0) is 6.92 Å². The fraction of sp³-hybridized carbons (Fsp3) is 0.500. The van der Waals surface area contributed by atoms with Crippen molar-refractivity contribution < 1.29 is 4.92 Å². The van der Waals surface area contributed by atoms with Gasteiger partial charge in [0, 0.05) is 7.05 Å². The first-order valence-electron chi connectivity index (χ1n) is 3.34. The van der Waals surface area contributed by atoms with E-state index in [1.54, 1.807) is 7.05 Å². The fourth-order valence-electron chi connectivity index (χ4n) is 1.04. The maximum absolute atomic E-state index is 10.5. The standard InChI is InChI=1S/C6H8BrN3O2/c1-4(7)6-5(10(11)12)3-8-9(6)2/h3-4H,1-2H3. The number of alkyl halides is 1. The van der Waals surface area contributed by atoms with Gasteiger partial charge in [-0.25, -0.2) is 0 Å². The van der Waals surface area contributed by atoms with Crippen LogP contribution in [0, 0.1) is 10.1 Å². The lowest BCUT2D eigenvalue weighted by Gasteiger charge is -2.01. The Balaban J connectivity index is 3.21. The van der Waals surface area contributed by atoms with Gasteiger partial charge in [-0.1, -0.05) is 15.9 Å². The zero-order valence-electron chi connectivity index (χ0n) is 6.69. The molecule has 0 aliphatic rings. The van der Waals surface area contributed by atoms with Crippen molar-refractivity contribution in [2.75, 3.05) is 0 Å². The van der Waals surface area contributed by atoms with Crippen molar-refractivity contribution >= 4 is 21.6 Å². The minimum Gasteiger partial charge on any atom is -0.264 e. The lowest BCUT2D eigenvalue weighted by atomic mass is 10.3. The summed E-state index contributed by atoms with van der Waals surface area (Å²) in [5, 5.41) is 14.3. The molecule has 0 bridgehead atoms. The molecule has 0 saturated heterocycles. The molecular formula is C6H8BrN3O2. The van der Waals surface area contributed by atoms with Crippen LogP contribution in [0.25, 0.3) is 0 Å². The summed E-state index contributed by atoms with van der Waals surface area (Å²) in [4.78, 5) is 9.98. The smallest absolute Gasteiger partial charge is 0.264 e. The number of nitro groups is 1. The average Bonchev–Trinajstić information content (AvgIpc) is 2.30. The second kappa shape index (κ2) is 3.22. The molecule has 0 N–H and O–H groups in total. The summed E-state index contributed by atoms with van der Waals surface area (Å²) in [5.74, 6) is 0. The molecule has 0 radical (unpaired) electrons. The van der Waals surface area contributed by atoms with Crippen molar-refractivity contribution in [3.8, 4) is 0 Å². The Kier molecular flexibility index (Phi) is 2.46. The quantitative estimate of drug-likeness (QED) is 0.445. The zero-order chi connectivity index (χ0) is 9.30. The molecule has 1 aromatic heterocycles. The minimum atomic E-state index is -0.430. The third kappa shape index (κ3) is 1.47. The van der Waals surface area contributed by atoms with Crippen LogP contribution in [0.15, 0.2) is 6.20 Å². The van der Waals surface area contributed by atoms with Gasteiger partial charge in [-0.15, -0.1) is 0 Å². The first kappa shape index (κ1) is 9.18. The number of rotatable bonds is 2. The molecule has 1 atom stereocenters. The van der Waals surface area contributed by atoms with E-state index >= 15 is 0 Å². The van der Waals surface area contributed by atoms with Crippen molar-refractivity contribution in [1.29, 1.82) is 0 Å². The lowest BCUT2D eigenvalue weighted by molar-refractivity contribution is -0.385. The Morgan fingerprint density at radius 2 is 2.42 bits per heavy atom. The van der Waals surface area contributed by atoms with Crippen molar-refractivity contribution in [2.24, 2.45) is 7.05 Å². The third-order valence-corrected chi connectivity index (χ3v) is 1.97. The van der Waals surface area contributed by atoms with Crippen LogP contribution in [-0.4, -0.2) is 14.7 Å². The van der Waals surface area contributed by atoms with Gasteiger partial charge in [0.15, 0.2) is 0 Å². The largest absolute Gasteiger partial charge is 0.311 e. The Hall–Kier alpha value is -0.910. The summed E-state index contributed by atoms with van der Waals surface area (Å²) in [7, 11) is 1.68. The van der Waals surface area contributed by atoms with Crippen molar-refractivity contribution in [3.63, 3.8) is 0 Å². The zero-order valence-corrected chi connectivity index (χ0v) is 8.28. The van der Waals surface area contributed by atoms with E-state index in [2.05, 4.69) is 21.0 Å². The van der Waals surface area contributed by atoms with Gasteiger partial charge in [0.2, 0.25) is 0 Å². The number of halogens is 1. The predicted molar refractivity (Wildman–Crippen MR) is 47.2 cm³/mol. The van der Waals surface area contributed by atoms with Gasteiger partial charge in [0.05, 0.1) is 9.75 Å². The number of nitrogens with zero attached hydrogens (tertiary/aromatic N) is 3. The molecule has 1 rings (SSSR count). The van der Waals surface area contributed by atoms with E-state index in [4.69, 9.17) is 0 Å². The van der Waals surface area contributed by atoms with E-state index in [9.17, 15) is 10.1 Å². The maximum Gasteiger partial charge on any atom is 0.311 e. The van der Waals surface area contributed by atoms with E-state index in [0.29, 0.717) is 5.69 Å². The molecule has 1 heterocycles. The lowest BCUT2D eigenvalue weighted by Crippen LogP contribution is -2.00. The summed E-state index contributed by atoms with van der Waals surface area (Å²) < 4.78 is 1.50. The van der Waals surface area contributed by atoms with E-state index in [1.807, 2.05) is 6.92 Å². The highest BCUT2D eigenvalue weighted by Gasteiger charge is 2.21. The molecule has 66 valence electrons. The van der Waals surface area contributed by atoms with Crippen LogP contribution >= 0.6 is 15.9 Å². The maximum atomic E-state index is 10.5. The number of hydrogen-bond acceptors (Lipinski definition) is 3. The second-order valence-electron chi connectivity index (χ2n) is 2.41. The Morgan fingerprint density at radius 3 is 2.75 bits per heavy atom. The van der Waals surface area contributed by atoms with Crippen LogP contribution in [-0.2, 0) is 7.05 Å². The predicted octanol–water partition coefficient (Wildman–Crippen LogP) is 1.78. The molecule has 1 aromatic rings. The van der Waals surface area contributed by atoms with E-state index in [-0.39, 0.29) is 10.5 Å². The summed E-state index contributed by atoms with van der Waals surface area (Å²) in [6, 6.07) is 0. The van der Waals surface area contributed by atoms with Crippen LogP contribution in [0.5, 0.6) is 0 Å². The molecule has 1 unspecified atom stereocenters. The monoisotopic (exact) mass is 233 g/mol.